The van der Waals surface area contributed by atoms with Gasteiger partial charge in [0, 0.05) is 22.7 Å². The van der Waals surface area contributed by atoms with Gasteiger partial charge in [0.25, 0.3) is 11.6 Å². The zero-order chi connectivity index (χ0) is 19.0. The Morgan fingerprint density at radius 3 is 2.85 bits per heavy atom. The Bertz CT molecular complexity index is 1180. The Labute approximate surface area is 161 Å². The van der Waals surface area contributed by atoms with E-state index in [1.54, 1.807) is 36.4 Å². The zero-order valence-corrected chi connectivity index (χ0v) is 15.1. The number of halogens is 1. The SMILES string of the molecule is O=C(Nc1nc2ccc(Cl)cc2s1)c1ccc(-c2cccc([N+](=O)[O-])c2)o1. The zero-order valence-electron chi connectivity index (χ0n) is 13.5. The maximum Gasteiger partial charge on any atom is 0.293 e. The molecule has 0 aliphatic carbocycles. The number of fused-ring (bicyclic) bond motifs is 1. The Balaban J connectivity index is 1.56. The number of aromatic nitrogens is 1. The molecule has 7 nitrogen and oxygen atoms in total. The molecular formula is C18H10ClN3O4S. The van der Waals surface area contributed by atoms with Crippen LogP contribution in [0.1, 0.15) is 10.6 Å². The first-order valence-electron chi connectivity index (χ1n) is 7.72. The summed E-state index contributed by atoms with van der Waals surface area (Å²) < 4.78 is 6.41. The van der Waals surface area contributed by atoms with Gasteiger partial charge in [-0.15, -0.1) is 0 Å². The maximum atomic E-state index is 12.4. The van der Waals surface area contributed by atoms with E-state index in [4.69, 9.17) is 16.0 Å². The van der Waals surface area contributed by atoms with Crippen LogP contribution in [0.4, 0.5) is 10.8 Å². The Morgan fingerprint density at radius 1 is 1.19 bits per heavy atom. The number of non-ortho nitro benzene ring substituents is 1. The van der Waals surface area contributed by atoms with Crippen LogP contribution in [0.2, 0.25) is 5.02 Å². The number of nitro groups is 1. The smallest absolute Gasteiger partial charge is 0.293 e. The third kappa shape index (κ3) is 3.53. The van der Waals surface area contributed by atoms with Crippen molar-refractivity contribution in [3.05, 3.63) is 75.5 Å². The molecule has 27 heavy (non-hydrogen) atoms. The molecule has 0 bridgehead atoms. The quantitative estimate of drug-likeness (QED) is 0.367. The Hall–Kier alpha value is -3.23. The average Bonchev–Trinajstić information content (AvgIpc) is 3.28. The van der Waals surface area contributed by atoms with Crippen LogP contribution in [0.25, 0.3) is 21.5 Å². The monoisotopic (exact) mass is 399 g/mol. The topological polar surface area (TPSA) is 98.3 Å². The summed E-state index contributed by atoms with van der Waals surface area (Å²) in [6.45, 7) is 0. The van der Waals surface area contributed by atoms with Gasteiger partial charge in [-0.2, -0.15) is 0 Å². The lowest BCUT2D eigenvalue weighted by Crippen LogP contribution is -2.10. The highest BCUT2D eigenvalue weighted by molar-refractivity contribution is 7.22. The summed E-state index contributed by atoms with van der Waals surface area (Å²) in [6, 6.07) is 14.4. The number of benzene rings is 2. The molecule has 0 unspecified atom stereocenters. The van der Waals surface area contributed by atoms with Crippen LogP contribution >= 0.6 is 22.9 Å². The fraction of sp³-hybridized carbons (Fsp3) is 0. The van der Waals surface area contributed by atoms with Crippen molar-refractivity contribution in [3.8, 4) is 11.3 Å². The summed E-state index contributed by atoms with van der Waals surface area (Å²) in [5, 5.41) is 14.6. The lowest BCUT2D eigenvalue weighted by molar-refractivity contribution is -0.384. The van der Waals surface area contributed by atoms with Crippen molar-refractivity contribution in [2.75, 3.05) is 5.32 Å². The third-order valence-electron chi connectivity index (χ3n) is 3.74. The lowest BCUT2D eigenvalue weighted by atomic mass is 10.1. The maximum absolute atomic E-state index is 12.4. The number of hydrogen-bond acceptors (Lipinski definition) is 6. The molecule has 1 N–H and O–H groups in total. The first kappa shape index (κ1) is 17.2. The summed E-state index contributed by atoms with van der Waals surface area (Å²) in [5.74, 6) is -0.0226. The molecule has 0 fully saturated rings. The molecule has 2 aromatic carbocycles. The van der Waals surface area contributed by atoms with Gasteiger partial charge in [-0.1, -0.05) is 35.1 Å². The van der Waals surface area contributed by atoms with Gasteiger partial charge >= 0.3 is 0 Å². The van der Waals surface area contributed by atoms with Gasteiger partial charge in [0.1, 0.15) is 5.76 Å². The number of thiazole rings is 1. The van der Waals surface area contributed by atoms with Gasteiger partial charge in [-0.25, -0.2) is 4.98 Å². The fourth-order valence-electron chi connectivity index (χ4n) is 2.50. The van der Waals surface area contributed by atoms with E-state index in [0.717, 1.165) is 10.2 Å². The molecule has 4 aromatic rings. The second-order valence-electron chi connectivity index (χ2n) is 5.56. The number of nitrogens with zero attached hydrogens (tertiary/aromatic N) is 2. The van der Waals surface area contributed by atoms with E-state index < -0.39 is 10.8 Å². The molecule has 1 amide bonds. The average molecular weight is 400 g/mol. The lowest BCUT2D eigenvalue weighted by Gasteiger charge is -1.99. The minimum absolute atomic E-state index is 0.0527. The number of anilines is 1. The van der Waals surface area contributed by atoms with Crippen LogP contribution in [0.5, 0.6) is 0 Å². The number of carbonyl (C=O) groups excluding carboxylic acids is 1. The minimum Gasteiger partial charge on any atom is -0.451 e. The molecule has 0 radical (unpaired) electrons. The van der Waals surface area contributed by atoms with E-state index in [0.29, 0.717) is 21.5 Å². The van der Waals surface area contributed by atoms with Crippen LogP contribution < -0.4 is 5.32 Å². The Kier molecular flexibility index (Phi) is 4.35. The van der Waals surface area contributed by atoms with Crippen LogP contribution in [0.3, 0.4) is 0 Å². The largest absolute Gasteiger partial charge is 0.451 e. The van der Waals surface area contributed by atoms with Gasteiger partial charge in [0.05, 0.1) is 15.1 Å². The molecule has 4 rings (SSSR count). The molecule has 2 aromatic heterocycles. The number of nitro benzene ring substituents is 1. The highest BCUT2D eigenvalue weighted by Crippen LogP contribution is 2.29. The van der Waals surface area contributed by atoms with E-state index in [-0.39, 0.29) is 11.4 Å². The molecule has 2 heterocycles. The van der Waals surface area contributed by atoms with Crippen molar-refractivity contribution in [2.45, 2.75) is 0 Å². The summed E-state index contributed by atoms with van der Waals surface area (Å²) in [6.07, 6.45) is 0. The van der Waals surface area contributed by atoms with Crippen molar-refractivity contribution in [2.24, 2.45) is 0 Å². The summed E-state index contributed by atoms with van der Waals surface area (Å²) >= 11 is 7.25. The number of rotatable bonds is 4. The normalized spacial score (nSPS) is 10.9. The van der Waals surface area contributed by atoms with Crippen LogP contribution in [0.15, 0.2) is 59.0 Å². The number of nitrogens with one attached hydrogen (secondary N) is 1. The van der Waals surface area contributed by atoms with Gasteiger partial charge < -0.3 is 4.42 Å². The van der Waals surface area contributed by atoms with Gasteiger partial charge in [0.15, 0.2) is 10.9 Å². The standard InChI is InChI=1S/C18H10ClN3O4S/c19-11-4-5-13-16(9-11)27-18(20-13)21-17(23)15-7-6-14(26-15)10-2-1-3-12(8-10)22(24)25/h1-9H,(H,20,21,23). The molecule has 0 saturated heterocycles. The van der Waals surface area contributed by atoms with Crippen molar-refractivity contribution in [3.63, 3.8) is 0 Å². The van der Waals surface area contributed by atoms with Crippen LogP contribution in [-0.2, 0) is 0 Å². The van der Waals surface area contributed by atoms with Crippen molar-refractivity contribution in [1.29, 1.82) is 0 Å². The summed E-state index contributed by atoms with van der Waals surface area (Å²) in [5.41, 5.74) is 1.19. The third-order valence-corrected chi connectivity index (χ3v) is 4.91. The molecule has 0 aliphatic heterocycles. The fourth-order valence-corrected chi connectivity index (χ4v) is 3.64. The second kappa shape index (κ2) is 6.82. The second-order valence-corrected chi connectivity index (χ2v) is 7.02. The molecule has 0 spiro atoms. The highest BCUT2D eigenvalue weighted by atomic mass is 35.5. The first-order valence-corrected chi connectivity index (χ1v) is 8.91. The van der Waals surface area contributed by atoms with E-state index in [1.165, 1.54) is 29.5 Å². The molecular weight excluding hydrogens is 390 g/mol. The molecule has 134 valence electrons. The van der Waals surface area contributed by atoms with Gasteiger partial charge in [0.2, 0.25) is 0 Å². The Morgan fingerprint density at radius 2 is 2.04 bits per heavy atom. The summed E-state index contributed by atoms with van der Waals surface area (Å²) in [4.78, 5) is 27.1. The predicted molar refractivity (Wildman–Crippen MR) is 103 cm³/mol. The van der Waals surface area contributed by atoms with Crippen LogP contribution in [-0.4, -0.2) is 15.8 Å². The van der Waals surface area contributed by atoms with E-state index >= 15 is 0 Å². The number of hydrogen-bond donors (Lipinski definition) is 1. The van der Waals surface area contributed by atoms with Gasteiger partial charge in [-0.3, -0.25) is 20.2 Å². The minimum atomic E-state index is -0.487. The van der Waals surface area contributed by atoms with Crippen molar-refractivity contribution < 1.29 is 14.1 Å². The number of carbonyl (C=O) groups is 1. The molecule has 0 atom stereocenters. The summed E-state index contributed by atoms with van der Waals surface area (Å²) in [7, 11) is 0. The highest BCUT2D eigenvalue weighted by Gasteiger charge is 2.16. The molecule has 0 aliphatic rings. The van der Waals surface area contributed by atoms with Gasteiger partial charge in [-0.05, 0) is 30.3 Å². The van der Waals surface area contributed by atoms with Crippen LogP contribution in [0, 0.1) is 10.1 Å². The van der Waals surface area contributed by atoms with Crippen molar-refractivity contribution in [1.82, 2.24) is 4.98 Å². The molecule has 0 saturated carbocycles. The molecule has 9 heteroatoms. The van der Waals surface area contributed by atoms with E-state index in [2.05, 4.69) is 10.3 Å². The van der Waals surface area contributed by atoms with E-state index in [1.807, 2.05) is 0 Å². The number of amides is 1. The van der Waals surface area contributed by atoms with E-state index in [9.17, 15) is 14.9 Å². The predicted octanol–water partition coefficient (Wildman–Crippen LogP) is 5.37. The number of furan rings is 1. The van der Waals surface area contributed by atoms with Crippen molar-refractivity contribution >= 4 is 49.9 Å². The first-order chi connectivity index (χ1) is 13.0.